The van der Waals surface area contributed by atoms with Crippen molar-refractivity contribution in [3.8, 4) is 0 Å². The van der Waals surface area contributed by atoms with E-state index in [1.807, 2.05) is 41.5 Å². The second-order valence-corrected chi connectivity index (χ2v) is 15.6. The largest absolute Gasteiger partial charge is 0.466 e. The SMILES string of the molecule is CCC(C)(C)C(=O)OCCN1C(=O)C2=C(CCCC2)C1=O.CCC(C)(C)C(=O)OCc1ccco1.CCC(C)c1ccccc1.CCC(C)c1ccccc1. The van der Waals surface area contributed by atoms with E-state index in [1.54, 1.807) is 18.4 Å². The number of carbonyl (C=O) groups is 4. The Balaban J connectivity index is 0.000000267. The molecule has 2 aliphatic rings. The standard InChI is InChI=1S/C16H23NO4.C11H16O3.2C10H14/c1-4-16(2,3)15(20)21-10-9-17-13(18)11-7-5-6-8-12(11)14(17)19;1-4-11(2,3)10(12)14-8-9-6-5-7-13-9;2*1-3-9(2)10-7-5-4-6-8-10/h4-10H2,1-3H3;5-7H,4,8H2,1-3H3;2*4-9H,3H2,1-2H3. The smallest absolute Gasteiger partial charge is 0.311 e. The van der Waals surface area contributed by atoms with Gasteiger partial charge in [0.25, 0.3) is 11.8 Å². The molecule has 302 valence electrons. The average molecular weight is 758 g/mol. The molecule has 2 aromatic carbocycles. The quantitative estimate of drug-likeness (QED) is 0.126. The van der Waals surface area contributed by atoms with Crippen LogP contribution in [0.2, 0.25) is 0 Å². The molecule has 0 spiro atoms. The molecule has 1 aliphatic heterocycles. The number of ether oxygens (including phenoxy) is 2. The average Bonchev–Trinajstić information content (AvgIpc) is 3.83. The van der Waals surface area contributed by atoms with Crippen molar-refractivity contribution < 1.29 is 33.1 Å². The van der Waals surface area contributed by atoms with Crippen LogP contribution in [-0.2, 0) is 35.3 Å². The van der Waals surface area contributed by atoms with Crippen LogP contribution in [0.1, 0.15) is 149 Å². The van der Waals surface area contributed by atoms with Gasteiger partial charge < -0.3 is 13.9 Å². The number of rotatable bonds is 13. The van der Waals surface area contributed by atoms with Crippen LogP contribution in [0.3, 0.4) is 0 Å². The molecule has 8 heteroatoms. The summed E-state index contributed by atoms with van der Waals surface area (Å²) in [6.45, 7) is 20.7. The van der Waals surface area contributed by atoms with Crippen molar-refractivity contribution in [2.45, 2.75) is 139 Å². The Morgan fingerprint density at radius 2 is 1.11 bits per heavy atom. The summed E-state index contributed by atoms with van der Waals surface area (Å²) in [5.74, 6) is 1.23. The minimum absolute atomic E-state index is 0.0697. The Labute approximate surface area is 331 Å². The molecule has 3 aromatic rings. The molecule has 5 rings (SSSR count). The Kier molecular flexibility index (Phi) is 19.9. The molecular weight excluding hydrogens is 691 g/mol. The second kappa shape index (κ2) is 23.5. The zero-order valence-corrected chi connectivity index (χ0v) is 35.2. The summed E-state index contributed by atoms with van der Waals surface area (Å²) in [7, 11) is 0. The zero-order chi connectivity index (χ0) is 41.0. The van der Waals surface area contributed by atoms with E-state index >= 15 is 0 Å². The van der Waals surface area contributed by atoms with Crippen LogP contribution < -0.4 is 0 Å². The first-order valence-corrected chi connectivity index (χ1v) is 20.2. The topological polar surface area (TPSA) is 103 Å². The van der Waals surface area contributed by atoms with E-state index < -0.39 is 10.8 Å². The fourth-order valence-corrected chi connectivity index (χ4v) is 5.47. The summed E-state index contributed by atoms with van der Waals surface area (Å²) in [6, 6.07) is 24.8. The third-order valence-electron chi connectivity index (χ3n) is 10.8. The highest BCUT2D eigenvalue weighted by atomic mass is 16.5. The molecule has 0 radical (unpaired) electrons. The van der Waals surface area contributed by atoms with Crippen LogP contribution in [0, 0.1) is 10.8 Å². The third-order valence-corrected chi connectivity index (χ3v) is 10.8. The van der Waals surface area contributed by atoms with Crippen LogP contribution in [0.5, 0.6) is 0 Å². The van der Waals surface area contributed by atoms with Crippen molar-refractivity contribution in [2.75, 3.05) is 13.2 Å². The third kappa shape index (κ3) is 14.9. The van der Waals surface area contributed by atoms with Gasteiger partial charge in [-0.15, -0.1) is 0 Å². The van der Waals surface area contributed by atoms with Crippen molar-refractivity contribution >= 4 is 23.8 Å². The van der Waals surface area contributed by atoms with Gasteiger partial charge >= 0.3 is 11.9 Å². The van der Waals surface area contributed by atoms with Crippen molar-refractivity contribution in [2.24, 2.45) is 10.8 Å². The van der Waals surface area contributed by atoms with Gasteiger partial charge in [0.15, 0.2) is 0 Å². The van der Waals surface area contributed by atoms with Crippen LogP contribution in [0.4, 0.5) is 0 Å². The molecule has 0 saturated carbocycles. The number of imide groups is 1. The van der Waals surface area contributed by atoms with Gasteiger partial charge in [0.05, 0.1) is 23.6 Å². The molecule has 2 unspecified atom stereocenters. The minimum Gasteiger partial charge on any atom is -0.466 e. The highest BCUT2D eigenvalue weighted by Crippen LogP contribution is 2.33. The van der Waals surface area contributed by atoms with Crippen LogP contribution in [0.15, 0.2) is 94.6 Å². The highest BCUT2D eigenvalue weighted by molar-refractivity contribution is 6.19. The first kappa shape index (κ1) is 46.7. The molecule has 0 bridgehead atoms. The number of hydrogen-bond donors (Lipinski definition) is 0. The number of furan rings is 1. The van der Waals surface area contributed by atoms with Gasteiger partial charge in [0.1, 0.15) is 19.0 Å². The van der Waals surface area contributed by atoms with E-state index in [0.717, 1.165) is 19.3 Å². The minimum atomic E-state index is -0.531. The van der Waals surface area contributed by atoms with Gasteiger partial charge in [-0.05, 0) is 114 Å². The lowest BCUT2D eigenvalue weighted by Gasteiger charge is -2.21. The maximum absolute atomic E-state index is 12.2. The normalized spacial score (nSPS) is 14.9. The van der Waals surface area contributed by atoms with Crippen molar-refractivity contribution in [1.29, 1.82) is 0 Å². The van der Waals surface area contributed by atoms with Gasteiger partial charge in [-0.3, -0.25) is 24.1 Å². The number of amides is 2. The van der Waals surface area contributed by atoms with Gasteiger partial charge in [-0.25, -0.2) is 0 Å². The summed E-state index contributed by atoms with van der Waals surface area (Å²) in [5, 5.41) is 0. The first-order valence-electron chi connectivity index (χ1n) is 20.2. The Hall–Kier alpha value is -4.46. The summed E-state index contributed by atoms with van der Waals surface area (Å²) >= 11 is 0. The molecule has 0 N–H and O–H groups in total. The lowest BCUT2D eigenvalue weighted by Crippen LogP contribution is -2.36. The predicted molar refractivity (Wildman–Crippen MR) is 220 cm³/mol. The predicted octanol–water partition coefficient (Wildman–Crippen LogP) is 11.4. The maximum atomic E-state index is 12.2. The summed E-state index contributed by atoms with van der Waals surface area (Å²) in [4.78, 5) is 49.0. The second-order valence-electron chi connectivity index (χ2n) is 15.6. The molecule has 0 saturated heterocycles. The molecule has 8 nitrogen and oxygen atoms in total. The van der Waals surface area contributed by atoms with Crippen LogP contribution >= 0.6 is 0 Å². The molecule has 2 amide bonds. The summed E-state index contributed by atoms with van der Waals surface area (Å²) < 4.78 is 15.4. The van der Waals surface area contributed by atoms with Crippen molar-refractivity contribution in [3.05, 3.63) is 107 Å². The van der Waals surface area contributed by atoms with E-state index in [1.165, 1.54) is 28.9 Å². The molecule has 2 heterocycles. The Morgan fingerprint density at radius 1 is 0.673 bits per heavy atom. The number of hydrogen-bond acceptors (Lipinski definition) is 7. The molecule has 55 heavy (non-hydrogen) atoms. The first-order chi connectivity index (χ1) is 26.1. The fourth-order valence-electron chi connectivity index (χ4n) is 5.47. The molecule has 1 aliphatic carbocycles. The Morgan fingerprint density at radius 3 is 1.49 bits per heavy atom. The van der Waals surface area contributed by atoms with Gasteiger partial charge in [0.2, 0.25) is 0 Å². The number of benzene rings is 2. The van der Waals surface area contributed by atoms with E-state index in [4.69, 9.17) is 13.9 Å². The summed E-state index contributed by atoms with van der Waals surface area (Å²) in [5.41, 5.74) is 3.30. The van der Waals surface area contributed by atoms with E-state index in [9.17, 15) is 19.2 Å². The van der Waals surface area contributed by atoms with Gasteiger partial charge in [0, 0.05) is 11.1 Å². The zero-order valence-electron chi connectivity index (χ0n) is 35.2. The molecule has 1 aromatic heterocycles. The van der Waals surface area contributed by atoms with Gasteiger partial charge in [-0.2, -0.15) is 0 Å². The van der Waals surface area contributed by atoms with E-state index in [2.05, 4.69) is 88.4 Å². The number of esters is 2. The maximum Gasteiger partial charge on any atom is 0.311 e. The lowest BCUT2D eigenvalue weighted by atomic mass is 9.91. The summed E-state index contributed by atoms with van der Waals surface area (Å²) in [6.07, 6.45) is 8.78. The van der Waals surface area contributed by atoms with E-state index in [0.29, 0.717) is 48.0 Å². The molecule has 2 atom stereocenters. The monoisotopic (exact) mass is 757 g/mol. The highest BCUT2D eigenvalue weighted by Gasteiger charge is 2.38. The number of nitrogens with zero attached hydrogens (tertiary/aromatic N) is 1. The molecular formula is C47H67NO7. The number of carbonyl (C=O) groups excluding carboxylic acids is 4. The van der Waals surface area contributed by atoms with E-state index in [-0.39, 0.29) is 43.5 Å². The Bertz CT molecular complexity index is 1550. The van der Waals surface area contributed by atoms with Crippen LogP contribution in [-0.4, -0.2) is 41.8 Å². The lowest BCUT2D eigenvalue weighted by molar-refractivity contribution is -0.156. The van der Waals surface area contributed by atoms with Crippen molar-refractivity contribution in [1.82, 2.24) is 4.90 Å². The van der Waals surface area contributed by atoms with Crippen LogP contribution in [0.25, 0.3) is 0 Å². The van der Waals surface area contributed by atoms with Gasteiger partial charge in [-0.1, -0.05) is 102 Å². The molecule has 0 fully saturated rings. The van der Waals surface area contributed by atoms with Crippen molar-refractivity contribution in [3.63, 3.8) is 0 Å². The fraction of sp³-hybridized carbons (Fsp3) is 0.532.